The number of carbonyl (C=O) groups is 1. The number of nitrogens with zero attached hydrogens (tertiary/aromatic N) is 1. The molecular formula is C12H17BrN2O2. The van der Waals surface area contributed by atoms with E-state index in [-0.39, 0.29) is 5.91 Å². The lowest BCUT2D eigenvalue weighted by Gasteiger charge is -2.33. The van der Waals surface area contributed by atoms with Gasteiger partial charge in [-0.25, -0.2) is 0 Å². The Balaban J connectivity index is 2.12. The molecular weight excluding hydrogens is 284 g/mol. The maximum atomic E-state index is 12.4. The monoisotopic (exact) mass is 300 g/mol. The maximum Gasteiger partial charge on any atom is 0.258 e. The van der Waals surface area contributed by atoms with Crippen molar-refractivity contribution in [3.8, 4) is 0 Å². The molecule has 1 amide bonds. The molecule has 1 saturated heterocycles. The van der Waals surface area contributed by atoms with Gasteiger partial charge in [-0.15, -0.1) is 0 Å². The Kier molecular flexibility index (Phi) is 4.23. The number of piperidine rings is 1. The van der Waals surface area contributed by atoms with Crippen LogP contribution in [0.5, 0.6) is 0 Å². The van der Waals surface area contributed by atoms with E-state index in [1.165, 1.54) is 6.26 Å². The Labute approximate surface area is 109 Å². The van der Waals surface area contributed by atoms with Crippen molar-refractivity contribution >= 4 is 21.8 Å². The molecule has 94 valence electrons. The van der Waals surface area contributed by atoms with Crippen LogP contribution < -0.4 is 5.32 Å². The highest BCUT2D eigenvalue weighted by molar-refractivity contribution is 9.10. The zero-order valence-electron chi connectivity index (χ0n) is 9.91. The van der Waals surface area contributed by atoms with Crippen LogP contribution in [-0.2, 0) is 0 Å². The number of amides is 1. The third-order valence-electron chi connectivity index (χ3n) is 3.16. The second-order valence-corrected chi connectivity index (χ2v) is 4.92. The van der Waals surface area contributed by atoms with E-state index in [9.17, 15) is 4.79 Å². The number of hydrogen-bond donors (Lipinski definition) is 1. The molecule has 0 radical (unpaired) electrons. The van der Waals surface area contributed by atoms with Crippen LogP contribution in [0, 0.1) is 0 Å². The molecule has 0 spiro atoms. The second-order valence-electron chi connectivity index (χ2n) is 4.20. The first-order chi connectivity index (χ1) is 8.24. The summed E-state index contributed by atoms with van der Waals surface area (Å²) in [5, 5.41) is 3.34. The van der Waals surface area contributed by atoms with E-state index >= 15 is 0 Å². The van der Waals surface area contributed by atoms with E-state index < -0.39 is 0 Å². The third kappa shape index (κ3) is 2.72. The lowest BCUT2D eigenvalue weighted by Crippen LogP contribution is -2.48. The van der Waals surface area contributed by atoms with Crippen LogP contribution in [0.25, 0.3) is 0 Å². The van der Waals surface area contributed by atoms with Crippen molar-refractivity contribution in [2.45, 2.75) is 25.8 Å². The summed E-state index contributed by atoms with van der Waals surface area (Å²) >= 11 is 3.26. The molecule has 0 saturated carbocycles. The molecule has 1 unspecified atom stereocenters. The average molecular weight is 301 g/mol. The fraction of sp³-hybridized carbons (Fsp3) is 0.583. The molecule has 0 aliphatic carbocycles. The Hall–Kier alpha value is -0.810. The van der Waals surface area contributed by atoms with Gasteiger partial charge in [-0.3, -0.25) is 4.79 Å². The van der Waals surface area contributed by atoms with E-state index in [0.29, 0.717) is 16.3 Å². The van der Waals surface area contributed by atoms with Gasteiger partial charge < -0.3 is 14.6 Å². The summed E-state index contributed by atoms with van der Waals surface area (Å²) in [7, 11) is 0. The first-order valence-corrected chi connectivity index (χ1v) is 6.78. The van der Waals surface area contributed by atoms with Crippen molar-refractivity contribution in [3.05, 3.63) is 22.6 Å². The zero-order valence-corrected chi connectivity index (χ0v) is 11.5. The van der Waals surface area contributed by atoms with Gasteiger partial charge in [0.15, 0.2) is 4.67 Å². The molecule has 1 aromatic rings. The summed E-state index contributed by atoms with van der Waals surface area (Å²) in [6, 6.07) is 2.01. The Morgan fingerprint density at radius 3 is 3.06 bits per heavy atom. The van der Waals surface area contributed by atoms with E-state index in [1.54, 1.807) is 6.07 Å². The summed E-state index contributed by atoms with van der Waals surface area (Å²) in [6.45, 7) is 4.68. The highest BCUT2D eigenvalue weighted by Crippen LogP contribution is 2.21. The average Bonchev–Trinajstić information content (AvgIpc) is 2.77. The Morgan fingerprint density at radius 2 is 2.53 bits per heavy atom. The van der Waals surface area contributed by atoms with Gasteiger partial charge in [0.05, 0.1) is 11.8 Å². The number of nitrogens with one attached hydrogen (secondary N) is 1. The molecule has 2 heterocycles. The van der Waals surface area contributed by atoms with Crippen LogP contribution in [0.15, 0.2) is 21.4 Å². The summed E-state index contributed by atoms with van der Waals surface area (Å²) in [5.74, 6) is 0.0434. The van der Waals surface area contributed by atoms with Crippen molar-refractivity contribution < 1.29 is 9.21 Å². The zero-order chi connectivity index (χ0) is 12.3. The maximum absolute atomic E-state index is 12.4. The van der Waals surface area contributed by atoms with Crippen LogP contribution >= 0.6 is 15.9 Å². The summed E-state index contributed by atoms with van der Waals surface area (Å²) in [6.07, 6.45) is 3.73. The molecule has 0 aromatic carbocycles. The number of carbonyl (C=O) groups excluding carboxylic acids is 1. The summed E-state index contributed by atoms with van der Waals surface area (Å²) in [5.41, 5.74) is 0.609. The molecule has 1 fully saturated rings. The van der Waals surface area contributed by atoms with Crippen LogP contribution in [-0.4, -0.2) is 36.5 Å². The van der Waals surface area contributed by atoms with Crippen LogP contribution in [0.4, 0.5) is 0 Å². The molecule has 0 bridgehead atoms. The van der Waals surface area contributed by atoms with Gasteiger partial charge >= 0.3 is 0 Å². The normalized spacial score (nSPS) is 20.2. The third-order valence-corrected chi connectivity index (χ3v) is 3.78. The highest BCUT2D eigenvalue weighted by Gasteiger charge is 2.26. The van der Waals surface area contributed by atoms with Crippen molar-refractivity contribution in [2.24, 2.45) is 0 Å². The van der Waals surface area contributed by atoms with E-state index in [2.05, 4.69) is 21.2 Å². The van der Waals surface area contributed by atoms with Gasteiger partial charge in [-0.1, -0.05) is 0 Å². The quantitative estimate of drug-likeness (QED) is 0.931. The number of halogens is 1. The van der Waals surface area contributed by atoms with Gasteiger partial charge in [0.2, 0.25) is 0 Å². The largest absolute Gasteiger partial charge is 0.457 e. The summed E-state index contributed by atoms with van der Waals surface area (Å²) in [4.78, 5) is 14.3. The number of hydrogen-bond acceptors (Lipinski definition) is 3. The minimum Gasteiger partial charge on any atom is -0.457 e. The second kappa shape index (κ2) is 5.69. The van der Waals surface area contributed by atoms with E-state index in [1.807, 2.05) is 11.8 Å². The van der Waals surface area contributed by atoms with Crippen LogP contribution in [0.1, 0.15) is 30.1 Å². The van der Waals surface area contributed by atoms with Crippen molar-refractivity contribution in [2.75, 3.05) is 19.6 Å². The Bertz CT molecular complexity index is 386. The lowest BCUT2D eigenvalue weighted by atomic mass is 10.1. The van der Waals surface area contributed by atoms with Gasteiger partial charge in [0, 0.05) is 19.1 Å². The summed E-state index contributed by atoms with van der Waals surface area (Å²) < 4.78 is 5.64. The van der Waals surface area contributed by atoms with Crippen molar-refractivity contribution in [1.29, 1.82) is 0 Å². The van der Waals surface area contributed by atoms with Gasteiger partial charge in [-0.05, 0) is 48.3 Å². The number of likely N-dealkylation sites (N-methyl/N-ethyl adjacent to an activating group) is 1. The van der Waals surface area contributed by atoms with E-state index in [0.717, 1.165) is 32.5 Å². The van der Waals surface area contributed by atoms with E-state index in [4.69, 9.17) is 4.42 Å². The topological polar surface area (TPSA) is 45.5 Å². The fourth-order valence-corrected chi connectivity index (χ4v) is 2.68. The van der Waals surface area contributed by atoms with Crippen molar-refractivity contribution in [3.63, 3.8) is 0 Å². The molecule has 1 N–H and O–H groups in total. The first-order valence-electron chi connectivity index (χ1n) is 5.98. The first kappa shape index (κ1) is 12.6. The molecule has 2 rings (SSSR count). The number of furan rings is 1. The van der Waals surface area contributed by atoms with Crippen molar-refractivity contribution in [1.82, 2.24) is 10.2 Å². The van der Waals surface area contributed by atoms with Gasteiger partial charge in [0.25, 0.3) is 5.91 Å². The van der Waals surface area contributed by atoms with Crippen LogP contribution in [0.3, 0.4) is 0 Å². The smallest absolute Gasteiger partial charge is 0.258 e. The van der Waals surface area contributed by atoms with Gasteiger partial charge in [-0.2, -0.15) is 0 Å². The fourth-order valence-electron chi connectivity index (χ4n) is 2.27. The standard InChI is InChI=1S/C12H17BrN2O2/c1-2-15(9-4-3-6-14-8-9)12(16)10-5-7-17-11(10)13/h5,7,9,14H,2-4,6,8H2,1H3. The molecule has 5 heteroatoms. The number of rotatable bonds is 3. The lowest BCUT2D eigenvalue weighted by molar-refractivity contribution is 0.0660. The molecule has 1 aliphatic rings. The predicted molar refractivity (Wildman–Crippen MR) is 69.0 cm³/mol. The molecule has 17 heavy (non-hydrogen) atoms. The molecule has 1 atom stereocenters. The molecule has 4 nitrogen and oxygen atoms in total. The Morgan fingerprint density at radius 1 is 1.71 bits per heavy atom. The van der Waals surface area contributed by atoms with Crippen LogP contribution in [0.2, 0.25) is 0 Å². The predicted octanol–water partition coefficient (Wildman–Crippen LogP) is 2.26. The minimum absolute atomic E-state index is 0.0434. The van der Waals surface area contributed by atoms with Gasteiger partial charge in [0.1, 0.15) is 0 Å². The molecule has 1 aliphatic heterocycles. The highest BCUT2D eigenvalue weighted by atomic mass is 79.9. The minimum atomic E-state index is 0.0434. The molecule has 1 aromatic heterocycles. The SMILES string of the molecule is CCN(C(=O)c1ccoc1Br)C1CCCNC1.